The number of hydrogen-bond acceptors (Lipinski definition) is 12. The molecule has 188 valence electrons. The first-order valence-electron chi connectivity index (χ1n) is 10.5. The third-order valence-electron chi connectivity index (χ3n) is 4.93. The summed E-state index contributed by atoms with van der Waals surface area (Å²) in [6, 6.07) is 6.81. The largest absolute Gasteiger partial charge is 0.496 e. The summed E-state index contributed by atoms with van der Waals surface area (Å²) in [6.07, 6.45) is -4.63. The number of benzene rings is 1. The van der Waals surface area contributed by atoms with Crippen LogP contribution in [-0.2, 0) is 38.1 Å². The zero-order valence-corrected chi connectivity index (χ0v) is 19.8. The summed E-state index contributed by atoms with van der Waals surface area (Å²) in [5.41, 5.74) is 0.440. The molecule has 0 spiro atoms. The molecule has 2 aromatic rings. The lowest BCUT2D eigenvalue weighted by atomic mass is 10.1. The molecular weight excluding hydrogens is 466 g/mol. The summed E-state index contributed by atoms with van der Waals surface area (Å²) in [6.45, 7) is 3.25. The average molecular weight is 491 g/mol. The first-order chi connectivity index (χ1) is 16.7. The standard InChI is InChI=1S/C22H25N3O10/c1-11(26)32-10-16-17(33-12(2)27)18(34-13(3)28)21(35-16)25-20(23-19(24-25)22(29)31-5)14-8-6-7-9-15(14)30-4/h6-9,16-18,21H,10H2,1-5H3/t16-,17-,18-,21-/m1/s1. The number of carbonyl (C=O) groups is 4. The fourth-order valence-corrected chi connectivity index (χ4v) is 3.58. The number of hydrogen-bond donors (Lipinski definition) is 0. The van der Waals surface area contributed by atoms with Crippen LogP contribution in [0.3, 0.4) is 0 Å². The summed E-state index contributed by atoms with van der Waals surface area (Å²) in [5.74, 6) is -2.55. The molecule has 1 fully saturated rings. The van der Waals surface area contributed by atoms with Gasteiger partial charge in [-0.2, -0.15) is 0 Å². The summed E-state index contributed by atoms with van der Waals surface area (Å²) in [5, 5.41) is 4.23. The van der Waals surface area contributed by atoms with Crippen LogP contribution in [0.4, 0.5) is 0 Å². The predicted molar refractivity (Wildman–Crippen MR) is 115 cm³/mol. The number of nitrogens with zero attached hydrogens (tertiary/aromatic N) is 3. The molecule has 0 amide bonds. The van der Waals surface area contributed by atoms with Crippen molar-refractivity contribution in [1.82, 2.24) is 14.8 Å². The van der Waals surface area contributed by atoms with Crippen LogP contribution < -0.4 is 4.74 Å². The van der Waals surface area contributed by atoms with Crippen molar-refractivity contribution in [1.29, 1.82) is 0 Å². The molecule has 0 bridgehead atoms. The van der Waals surface area contributed by atoms with Crippen molar-refractivity contribution in [2.75, 3.05) is 20.8 Å². The lowest BCUT2D eigenvalue weighted by Gasteiger charge is -2.23. The van der Waals surface area contributed by atoms with Crippen LogP contribution in [0.1, 0.15) is 37.6 Å². The number of aromatic nitrogens is 3. The fourth-order valence-electron chi connectivity index (χ4n) is 3.58. The van der Waals surface area contributed by atoms with Crippen LogP contribution in [0.5, 0.6) is 5.75 Å². The second-order valence-corrected chi connectivity index (χ2v) is 7.41. The van der Waals surface area contributed by atoms with Gasteiger partial charge in [-0.05, 0) is 12.1 Å². The highest BCUT2D eigenvalue weighted by Crippen LogP contribution is 2.38. The highest BCUT2D eigenvalue weighted by molar-refractivity contribution is 5.85. The van der Waals surface area contributed by atoms with E-state index in [1.54, 1.807) is 24.3 Å². The van der Waals surface area contributed by atoms with Crippen molar-refractivity contribution in [3.63, 3.8) is 0 Å². The van der Waals surface area contributed by atoms with Crippen molar-refractivity contribution in [3.8, 4) is 17.1 Å². The van der Waals surface area contributed by atoms with Gasteiger partial charge in [-0.25, -0.2) is 14.5 Å². The maximum Gasteiger partial charge on any atom is 0.377 e. The fraction of sp³-hybridized carbons (Fsp3) is 0.455. The van der Waals surface area contributed by atoms with Crippen LogP contribution in [0.25, 0.3) is 11.4 Å². The number of carbonyl (C=O) groups excluding carboxylic acids is 4. The molecule has 0 unspecified atom stereocenters. The van der Waals surface area contributed by atoms with Crippen LogP contribution in [0, 0.1) is 0 Å². The highest BCUT2D eigenvalue weighted by atomic mass is 16.7. The minimum Gasteiger partial charge on any atom is -0.496 e. The van der Waals surface area contributed by atoms with E-state index >= 15 is 0 Å². The van der Waals surface area contributed by atoms with Gasteiger partial charge in [-0.15, -0.1) is 5.10 Å². The Kier molecular flexibility index (Phi) is 8.02. The van der Waals surface area contributed by atoms with Crippen LogP contribution in [0.2, 0.25) is 0 Å². The molecule has 1 aromatic carbocycles. The highest BCUT2D eigenvalue weighted by Gasteiger charge is 2.52. The SMILES string of the molecule is COC(=O)c1nc(-c2ccccc2OC)n([C@@H]2O[C@H](COC(C)=O)[C@@H](OC(C)=O)[C@H]2OC(C)=O)n1. The van der Waals surface area contributed by atoms with E-state index in [4.69, 9.17) is 28.4 Å². The van der Waals surface area contributed by atoms with E-state index in [2.05, 4.69) is 10.1 Å². The van der Waals surface area contributed by atoms with Gasteiger partial charge in [0.1, 0.15) is 18.5 Å². The molecule has 1 saturated heterocycles. The second kappa shape index (κ2) is 11.0. The third-order valence-corrected chi connectivity index (χ3v) is 4.93. The van der Waals surface area contributed by atoms with Gasteiger partial charge >= 0.3 is 23.9 Å². The van der Waals surface area contributed by atoms with Crippen molar-refractivity contribution in [2.45, 2.75) is 45.3 Å². The van der Waals surface area contributed by atoms with E-state index < -0.39 is 48.4 Å². The maximum atomic E-state index is 12.2. The van der Waals surface area contributed by atoms with Gasteiger partial charge in [0.25, 0.3) is 5.82 Å². The smallest absolute Gasteiger partial charge is 0.377 e. The van der Waals surface area contributed by atoms with Gasteiger partial charge in [-0.1, -0.05) is 12.1 Å². The Labute approximate surface area is 200 Å². The van der Waals surface area contributed by atoms with Crippen LogP contribution in [-0.4, -0.2) is 77.8 Å². The number of para-hydroxylation sites is 1. The van der Waals surface area contributed by atoms with Gasteiger partial charge in [-0.3, -0.25) is 14.4 Å². The molecule has 1 aromatic heterocycles. The molecule has 13 nitrogen and oxygen atoms in total. The number of methoxy groups -OCH3 is 2. The summed E-state index contributed by atoms with van der Waals surface area (Å²) in [4.78, 5) is 51.7. The quantitative estimate of drug-likeness (QED) is 0.383. The Morgan fingerprint density at radius 3 is 2.23 bits per heavy atom. The Balaban J connectivity index is 2.16. The van der Waals surface area contributed by atoms with Crippen LogP contribution in [0.15, 0.2) is 24.3 Å². The lowest BCUT2D eigenvalue weighted by molar-refractivity contribution is -0.166. The molecule has 35 heavy (non-hydrogen) atoms. The average Bonchev–Trinajstić information content (AvgIpc) is 3.38. The van der Waals surface area contributed by atoms with E-state index in [9.17, 15) is 19.2 Å². The first-order valence-corrected chi connectivity index (χ1v) is 10.5. The van der Waals surface area contributed by atoms with Gasteiger partial charge in [0.05, 0.1) is 19.8 Å². The Morgan fingerprint density at radius 1 is 0.971 bits per heavy atom. The van der Waals surface area contributed by atoms with Crippen LogP contribution >= 0.6 is 0 Å². The summed E-state index contributed by atoms with van der Waals surface area (Å²) < 4.78 is 33.3. The molecule has 13 heteroatoms. The van der Waals surface area contributed by atoms with Crippen molar-refractivity contribution in [3.05, 3.63) is 30.1 Å². The molecule has 0 saturated carbocycles. The third kappa shape index (κ3) is 5.74. The number of ether oxygens (including phenoxy) is 6. The minimum absolute atomic E-state index is 0.125. The zero-order valence-electron chi connectivity index (χ0n) is 19.8. The molecular formula is C22H25N3O10. The number of esters is 4. The van der Waals surface area contributed by atoms with E-state index in [-0.39, 0.29) is 18.3 Å². The van der Waals surface area contributed by atoms with Crippen molar-refractivity contribution < 1.29 is 47.6 Å². The zero-order chi connectivity index (χ0) is 25.7. The Hall–Kier alpha value is -4.00. The Bertz CT molecular complexity index is 1110. The van der Waals surface area contributed by atoms with Crippen molar-refractivity contribution in [2.24, 2.45) is 0 Å². The lowest BCUT2D eigenvalue weighted by Crippen LogP contribution is -2.40. The molecule has 0 N–H and O–H groups in total. The molecule has 0 aliphatic carbocycles. The van der Waals surface area contributed by atoms with Crippen molar-refractivity contribution >= 4 is 23.9 Å². The minimum atomic E-state index is -1.23. The normalized spacial score (nSPS) is 21.2. The summed E-state index contributed by atoms with van der Waals surface area (Å²) in [7, 11) is 2.63. The molecule has 2 heterocycles. The van der Waals surface area contributed by atoms with Gasteiger partial charge < -0.3 is 28.4 Å². The van der Waals surface area contributed by atoms with E-state index in [1.807, 2.05) is 0 Å². The molecule has 4 atom stereocenters. The van der Waals surface area contributed by atoms with E-state index in [1.165, 1.54) is 39.7 Å². The molecule has 1 aliphatic heterocycles. The Morgan fingerprint density at radius 2 is 1.63 bits per heavy atom. The summed E-state index contributed by atoms with van der Waals surface area (Å²) >= 11 is 0. The monoisotopic (exact) mass is 491 g/mol. The second-order valence-electron chi connectivity index (χ2n) is 7.41. The first kappa shape index (κ1) is 25.6. The number of rotatable bonds is 8. The molecule has 1 aliphatic rings. The van der Waals surface area contributed by atoms with Gasteiger partial charge in [0.2, 0.25) is 0 Å². The topological polar surface area (TPSA) is 154 Å². The van der Waals surface area contributed by atoms with E-state index in [0.29, 0.717) is 11.3 Å². The van der Waals surface area contributed by atoms with E-state index in [0.717, 1.165) is 0 Å². The maximum absolute atomic E-state index is 12.2. The molecule has 0 radical (unpaired) electrons. The molecule has 3 rings (SSSR count). The predicted octanol–water partition coefficient (Wildman–Crippen LogP) is 1.06. The van der Waals surface area contributed by atoms with Gasteiger partial charge in [0, 0.05) is 20.8 Å². The van der Waals surface area contributed by atoms with Gasteiger partial charge in [0.15, 0.2) is 24.3 Å².